The first kappa shape index (κ1) is 18.9. The molecule has 1 N–H and O–H groups in total. The van der Waals surface area contributed by atoms with Gasteiger partial charge in [0.15, 0.2) is 5.11 Å². The second-order valence-corrected chi connectivity index (χ2v) is 6.07. The second-order valence-electron chi connectivity index (χ2n) is 5.69. The molecule has 0 aliphatic rings. The molecule has 0 saturated carbocycles. The summed E-state index contributed by atoms with van der Waals surface area (Å²) in [6.45, 7) is 5.13. The van der Waals surface area contributed by atoms with Gasteiger partial charge in [0.05, 0.1) is 6.61 Å². The molecule has 0 saturated heterocycles. The summed E-state index contributed by atoms with van der Waals surface area (Å²) in [6, 6.07) is 19.5. The monoisotopic (exact) mass is 356 g/mol. The van der Waals surface area contributed by atoms with Gasteiger partial charge in [-0.3, -0.25) is 0 Å². The van der Waals surface area contributed by atoms with Crippen molar-refractivity contribution in [3.63, 3.8) is 0 Å². The molecule has 4 nitrogen and oxygen atoms in total. The molecule has 0 amide bonds. The number of carbonyl (C=O) groups excluding carboxylic acids is 1. The average Bonchev–Trinajstić information content (AvgIpc) is 2.65. The fourth-order valence-corrected chi connectivity index (χ4v) is 2.72. The summed E-state index contributed by atoms with van der Waals surface area (Å²) in [5.74, 6) is -0.276. The highest BCUT2D eigenvalue weighted by Gasteiger charge is 2.24. The Morgan fingerprint density at radius 1 is 1.08 bits per heavy atom. The van der Waals surface area contributed by atoms with Crippen LogP contribution < -0.4 is 5.32 Å². The zero-order valence-electron chi connectivity index (χ0n) is 14.6. The Morgan fingerprint density at radius 2 is 1.64 bits per heavy atom. The van der Waals surface area contributed by atoms with Crippen LogP contribution in [0.4, 0.5) is 0 Å². The van der Waals surface area contributed by atoms with E-state index in [4.69, 9.17) is 17.0 Å². The Labute approximate surface area is 154 Å². The Hall–Kier alpha value is -2.40. The Kier molecular flexibility index (Phi) is 7.41. The van der Waals surface area contributed by atoms with Crippen LogP contribution in [0.2, 0.25) is 0 Å². The SMILES string of the molecule is CCOC(=O)C(C)N(Cc1ccccc1)C(=S)NCc1ccccc1. The van der Waals surface area contributed by atoms with E-state index in [1.165, 1.54) is 0 Å². The number of carbonyl (C=O) groups is 1. The minimum Gasteiger partial charge on any atom is -0.464 e. The van der Waals surface area contributed by atoms with E-state index in [9.17, 15) is 4.79 Å². The zero-order valence-corrected chi connectivity index (χ0v) is 15.5. The van der Waals surface area contributed by atoms with Crippen LogP contribution in [0.1, 0.15) is 25.0 Å². The highest BCUT2D eigenvalue weighted by Crippen LogP contribution is 2.11. The topological polar surface area (TPSA) is 41.6 Å². The number of nitrogens with zero attached hydrogens (tertiary/aromatic N) is 1. The normalized spacial score (nSPS) is 11.4. The van der Waals surface area contributed by atoms with Gasteiger partial charge in [-0.15, -0.1) is 0 Å². The molecule has 2 aromatic rings. The molecule has 25 heavy (non-hydrogen) atoms. The van der Waals surface area contributed by atoms with Gasteiger partial charge in [-0.1, -0.05) is 60.7 Å². The maximum atomic E-state index is 12.2. The molecule has 0 radical (unpaired) electrons. The van der Waals surface area contributed by atoms with Crippen LogP contribution in [0, 0.1) is 0 Å². The van der Waals surface area contributed by atoms with Crippen molar-refractivity contribution in [2.75, 3.05) is 6.61 Å². The number of ether oxygens (including phenoxy) is 1. The third-order valence-corrected chi connectivity index (χ3v) is 4.22. The van der Waals surface area contributed by atoms with Crippen LogP contribution in [0.15, 0.2) is 60.7 Å². The molecule has 1 atom stereocenters. The Morgan fingerprint density at radius 3 is 2.20 bits per heavy atom. The lowest BCUT2D eigenvalue weighted by Crippen LogP contribution is -2.48. The quantitative estimate of drug-likeness (QED) is 0.607. The standard InChI is InChI=1S/C20H24N2O2S/c1-3-24-19(23)16(2)22(15-18-12-8-5-9-13-18)20(25)21-14-17-10-6-4-7-11-17/h4-13,16H,3,14-15H2,1-2H3,(H,21,25). The summed E-state index contributed by atoms with van der Waals surface area (Å²) in [5, 5.41) is 3.78. The van der Waals surface area contributed by atoms with Crippen LogP contribution >= 0.6 is 12.2 Å². The third kappa shape index (κ3) is 5.87. The summed E-state index contributed by atoms with van der Waals surface area (Å²) in [7, 11) is 0. The third-order valence-electron chi connectivity index (χ3n) is 3.84. The van der Waals surface area contributed by atoms with E-state index in [-0.39, 0.29) is 5.97 Å². The maximum Gasteiger partial charge on any atom is 0.328 e. The fraction of sp³-hybridized carbons (Fsp3) is 0.300. The molecule has 2 rings (SSSR count). The van der Waals surface area contributed by atoms with Gasteiger partial charge in [0.2, 0.25) is 0 Å². The summed E-state index contributed by atoms with van der Waals surface area (Å²) in [5.41, 5.74) is 2.22. The lowest BCUT2D eigenvalue weighted by molar-refractivity contribution is -0.147. The summed E-state index contributed by atoms with van der Waals surface area (Å²) in [4.78, 5) is 14.1. The van der Waals surface area contributed by atoms with Crippen LogP contribution in [0.25, 0.3) is 0 Å². The van der Waals surface area contributed by atoms with Gasteiger partial charge < -0.3 is 15.0 Å². The minimum atomic E-state index is -0.462. The van der Waals surface area contributed by atoms with E-state index in [2.05, 4.69) is 5.32 Å². The molecule has 0 bridgehead atoms. The molecule has 132 valence electrons. The number of rotatable bonds is 7. The fourth-order valence-electron chi connectivity index (χ4n) is 2.43. The van der Waals surface area contributed by atoms with Crippen molar-refractivity contribution in [2.24, 2.45) is 0 Å². The zero-order chi connectivity index (χ0) is 18.1. The predicted molar refractivity (Wildman–Crippen MR) is 104 cm³/mol. The van der Waals surface area contributed by atoms with E-state index in [1.54, 1.807) is 6.92 Å². The van der Waals surface area contributed by atoms with Gasteiger partial charge in [-0.2, -0.15) is 0 Å². The van der Waals surface area contributed by atoms with E-state index in [0.717, 1.165) is 11.1 Å². The first-order valence-corrected chi connectivity index (χ1v) is 8.81. The van der Waals surface area contributed by atoms with Gasteiger partial charge in [0.1, 0.15) is 6.04 Å². The molecule has 0 aliphatic carbocycles. The average molecular weight is 356 g/mol. The van der Waals surface area contributed by atoms with Gasteiger partial charge in [-0.25, -0.2) is 4.79 Å². The van der Waals surface area contributed by atoms with Crippen molar-refractivity contribution in [2.45, 2.75) is 33.0 Å². The molecular weight excluding hydrogens is 332 g/mol. The predicted octanol–water partition coefficient (Wildman–Crippen LogP) is 3.51. The smallest absolute Gasteiger partial charge is 0.328 e. The first-order chi connectivity index (χ1) is 12.1. The molecule has 1 unspecified atom stereocenters. The molecular formula is C20H24N2O2S. The van der Waals surface area contributed by atoms with Crippen LogP contribution in [-0.4, -0.2) is 28.6 Å². The number of esters is 1. The van der Waals surface area contributed by atoms with E-state index in [0.29, 0.717) is 24.8 Å². The lowest BCUT2D eigenvalue weighted by Gasteiger charge is -2.30. The summed E-state index contributed by atoms with van der Waals surface area (Å²) >= 11 is 5.56. The van der Waals surface area contributed by atoms with Gasteiger partial charge >= 0.3 is 5.97 Å². The van der Waals surface area contributed by atoms with Gasteiger partial charge in [-0.05, 0) is 37.2 Å². The van der Waals surface area contributed by atoms with Gasteiger partial charge in [0, 0.05) is 13.1 Å². The molecule has 2 aromatic carbocycles. The van der Waals surface area contributed by atoms with E-state index in [1.807, 2.05) is 72.5 Å². The lowest BCUT2D eigenvalue weighted by atomic mass is 10.2. The van der Waals surface area contributed by atoms with Crippen molar-refractivity contribution in [3.05, 3.63) is 71.8 Å². The summed E-state index contributed by atoms with van der Waals surface area (Å²) < 4.78 is 5.17. The molecule has 5 heteroatoms. The van der Waals surface area contributed by atoms with Crippen molar-refractivity contribution in [3.8, 4) is 0 Å². The number of benzene rings is 2. The molecule has 0 fully saturated rings. The van der Waals surface area contributed by atoms with Crippen LogP contribution in [0.3, 0.4) is 0 Å². The molecule has 0 spiro atoms. The molecule has 0 aromatic heterocycles. The number of thiocarbonyl (C=S) groups is 1. The minimum absolute atomic E-state index is 0.276. The van der Waals surface area contributed by atoms with Gasteiger partial charge in [0.25, 0.3) is 0 Å². The summed E-state index contributed by atoms with van der Waals surface area (Å²) in [6.07, 6.45) is 0. The van der Waals surface area contributed by atoms with Crippen molar-refractivity contribution >= 4 is 23.3 Å². The Bertz CT molecular complexity index is 677. The molecule has 0 aliphatic heterocycles. The number of hydrogen-bond donors (Lipinski definition) is 1. The number of nitrogens with one attached hydrogen (secondary N) is 1. The van der Waals surface area contributed by atoms with Crippen molar-refractivity contribution < 1.29 is 9.53 Å². The highest BCUT2D eigenvalue weighted by molar-refractivity contribution is 7.80. The van der Waals surface area contributed by atoms with E-state index < -0.39 is 6.04 Å². The largest absolute Gasteiger partial charge is 0.464 e. The van der Waals surface area contributed by atoms with E-state index >= 15 is 0 Å². The first-order valence-electron chi connectivity index (χ1n) is 8.40. The van der Waals surface area contributed by atoms with Crippen molar-refractivity contribution in [1.29, 1.82) is 0 Å². The Balaban J connectivity index is 2.09. The van der Waals surface area contributed by atoms with Crippen molar-refractivity contribution in [1.82, 2.24) is 10.2 Å². The maximum absolute atomic E-state index is 12.2. The van der Waals surface area contributed by atoms with Crippen LogP contribution in [0.5, 0.6) is 0 Å². The molecule has 0 heterocycles. The second kappa shape index (κ2) is 9.79. The van der Waals surface area contributed by atoms with Crippen LogP contribution in [-0.2, 0) is 22.6 Å². The number of hydrogen-bond acceptors (Lipinski definition) is 3. The highest BCUT2D eigenvalue weighted by atomic mass is 32.1.